The topological polar surface area (TPSA) is 65.2 Å². The van der Waals surface area contributed by atoms with Crippen LogP contribution < -0.4 is 0 Å². The minimum atomic E-state index is -0.761. The van der Waals surface area contributed by atoms with E-state index in [1.54, 1.807) is 18.2 Å². The smallest absolute Gasteiger partial charge is 0.321 e. The number of esters is 1. The average molecular weight is 308 g/mol. The van der Waals surface area contributed by atoms with Crippen molar-refractivity contribution in [2.75, 3.05) is 7.11 Å². The van der Waals surface area contributed by atoms with Crippen LogP contribution in [0.2, 0.25) is 0 Å². The Kier molecular flexibility index (Phi) is 3.67. The van der Waals surface area contributed by atoms with E-state index in [0.29, 0.717) is 35.2 Å². The molecule has 1 aliphatic carbocycles. The number of hydrogen-bond donors (Lipinski definition) is 0. The van der Waals surface area contributed by atoms with Crippen LogP contribution in [0, 0.1) is 5.82 Å². The van der Waals surface area contributed by atoms with Gasteiger partial charge in [-0.3, -0.25) is 4.79 Å². The number of rotatable bonds is 5. The number of thioether (sulfide) groups is 1. The fourth-order valence-corrected chi connectivity index (χ4v) is 2.82. The maximum absolute atomic E-state index is 13.5. The summed E-state index contributed by atoms with van der Waals surface area (Å²) in [5.41, 5.74) is -0.761. The number of nitrogens with zero attached hydrogens (tertiary/aromatic N) is 2. The zero-order chi connectivity index (χ0) is 14.9. The summed E-state index contributed by atoms with van der Waals surface area (Å²) in [7, 11) is 1.34. The SMILES string of the molecule is COC(=O)C1(c2nc(CSc3ccccc3F)no2)CC1. The van der Waals surface area contributed by atoms with Crippen LogP contribution in [0.1, 0.15) is 24.6 Å². The van der Waals surface area contributed by atoms with Gasteiger partial charge in [0.25, 0.3) is 0 Å². The summed E-state index contributed by atoms with van der Waals surface area (Å²) >= 11 is 1.28. The number of ether oxygens (including phenoxy) is 1. The van der Waals surface area contributed by atoms with E-state index < -0.39 is 5.41 Å². The second kappa shape index (κ2) is 5.48. The number of methoxy groups -OCH3 is 1. The molecule has 0 saturated heterocycles. The van der Waals surface area contributed by atoms with E-state index in [0.717, 1.165) is 0 Å². The van der Waals surface area contributed by atoms with Gasteiger partial charge in [0.15, 0.2) is 5.82 Å². The highest BCUT2D eigenvalue weighted by molar-refractivity contribution is 7.98. The molecule has 0 amide bonds. The van der Waals surface area contributed by atoms with E-state index in [-0.39, 0.29) is 11.8 Å². The lowest BCUT2D eigenvalue weighted by Crippen LogP contribution is -2.22. The van der Waals surface area contributed by atoms with E-state index in [2.05, 4.69) is 10.1 Å². The molecule has 0 bridgehead atoms. The normalized spacial score (nSPS) is 15.7. The van der Waals surface area contributed by atoms with E-state index in [1.165, 1.54) is 24.9 Å². The van der Waals surface area contributed by atoms with Gasteiger partial charge in [0.2, 0.25) is 5.89 Å². The Morgan fingerprint density at radius 3 is 2.90 bits per heavy atom. The Labute approximate surface area is 124 Å². The molecule has 1 fully saturated rings. The van der Waals surface area contributed by atoms with Crippen molar-refractivity contribution in [1.29, 1.82) is 0 Å². The average Bonchev–Trinajstić information content (AvgIpc) is 3.18. The first-order valence-electron chi connectivity index (χ1n) is 6.44. The van der Waals surface area contributed by atoms with Crippen molar-refractivity contribution < 1.29 is 18.4 Å². The predicted octanol–water partition coefficient (Wildman–Crippen LogP) is 2.71. The van der Waals surface area contributed by atoms with Gasteiger partial charge in [-0.1, -0.05) is 17.3 Å². The van der Waals surface area contributed by atoms with Gasteiger partial charge in [0, 0.05) is 4.90 Å². The van der Waals surface area contributed by atoms with Crippen molar-refractivity contribution in [3.8, 4) is 0 Å². The van der Waals surface area contributed by atoms with Gasteiger partial charge in [0.05, 0.1) is 12.9 Å². The molecule has 1 heterocycles. The Morgan fingerprint density at radius 2 is 2.24 bits per heavy atom. The second-order valence-corrected chi connectivity index (χ2v) is 5.83. The lowest BCUT2D eigenvalue weighted by Gasteiger charge is -2.05. The number of carbonyl (C=O) groups is 1. The molecule has 0 radical (unpaired) electrons. The summed E-state index contributed by atoms with van der Waals surface area (Å²) in [5, 5.41) is 3.85. The summed E-state index contributed by atoms with van der Waals surface area (Å²) in [6.07, 6.45) is 1.31. The lowest BCUT2D eigenvalue weighted by molar-refractivity contribution is -0.144. The summed E-state index contributed by atoms with van der Waals surface area (Å²) in [4.78, 5) is 16.5. The van der Waals surface area contributed by atoms with Crippen molar-refractivity contribution in [2.24, 2.45) is 0 Å². The number of halogens is 1. The number of aromatic nitrogens is 2. The van der Waals surface area contributed by atoms with Gasteiger partial charge in [-0.2, -0.15) is 4.98 Å². The monoisotopic (exact) mass is 308 g/mol. The Morgan fingerprint density at radius 1 is 1.48 bits per heavy atom. The molecule has 21 heavy (non-hydrogen) atoms. The minimum Gasteiger partial charge on any atom is -0.468 e. The van der Waals surface area contributed by atoms with Crippen molar-refractivity contribution in [3.05, 3.63) is 41.8 Å². The first-order chi connectivity index (χ1) is 10.2. The molecule has 1 aromatic heterocycles. The van der Waals surface area contributed by atoms with Gasteiger partial charge in [0.1, 0.15) is 11.2 Å². The molecule has 0 N–H and O–H groups in total. The molecule has 7 heteroatoms. The van der Waals surface area contributed by atoms with Crippen LogP contribution in [0.3, 0.4) is 0 Å². The van der Waals surface area contributed by atoms with Gasteiger partial charge in [-0.15, -0.1) is 11.8 Å². The maximum atomic E-state index is 13.5. The van der Waals surface area contributed by atoms with Crippen molar-refractivity contribution in [1.82, 2.24) is 10.1 Å². The third-order valence-electron chi connectivity index (χ3n) is 3.40. The molecule has 2 aromatic rings. The van der Waals surface area contributed by atoms with Crippen molar-refractivity contribution in [2.45, 2.75) is 28.9 Å². The second-order valence-electron chi connectivity index (χ2n) is 4.81. The van der Waals surface area contributed by atoms with Crippen molar-refractivity contribution in [3.63, 3.8) is 0 Å². The highest BCUT2D eigenvalue weighted by atomic mass is 32.2. The number of carbonyl (C=O) groups excluding carboxylic acids is 1. The molecule has 1 aliphatic rings. The van der Waals surface area contributed by atoms with Crippen LogP contribution in [0.5, 0.6) is 0 Å². The van der Waals surface area contributed by atoms with Crippen LogP contribution in [-0.2, 0) is 20.7 Å². The standard InChI is InChI=1S/C14H13FN2O3S/c1-19-13(18)14(6-7-14)12-16-11(17-20-12)8-21-10-5-3-2-4-9(10)15/h2-5H,6-8H2,1H3. The zero-order valence-corrected chi connectivity index (χ0v) is 12.2. The zero-order valence-electron chi connectivity index (χ0n) is 11.3. The molecule has 0 spiro atoms. The van der Waals surface area contributed by atoms with Crippen LogP contribution in [0.25, 0.3) is 0 Å². The fourth-order valence-electron chi connectivity index (χ4n) is 2.04. The predicted molar refractivity (Wildman–Crippen MR) is 73.2 cm³/mol. The first kappa shape index (κ1) is 14.1. The summed E-state index contributed by atoms with van der Waals surface area (Å²) in [6.45, 7) is 0. The Balaban J connectivity index is 1.69. The number of benzene rings is 1. The van der Waals surface area contributed by atoms with Crippen LogP contribution in [0.15, 0.2) is 33.7 Å². The fraction of sp³-hybridized carbons (Fsp3) is 0.357. The van der Waals surface area contributed by atoms with Crippen LogP contribution in [-0.4, -0.2) is 23.2 Å². The molecule has 0 aliphatic heterocycles. The molecule has 5 nitrogen and oxygen atoms in total. The van der Waals surface area contributed by atoms with Crippen LogP contribution in [0.4, 0.5) is 4.39 Å². The molecule has 0 unspecified atom stereocenters. The molecule has 3 rings (SSSR count). The summed E-state index contributed by atoms with van der Waals surface area (Å²) < 4.78 is 23.4. The van der Waals surface area contributed by atoms with Crippen molar-refractivity contribution >= 4 is 17.7 Å². The summed E-state index contributed by atoms with van der Waals surface area (Å²) in [6, 6.07) is 6.50. The van der Waals surface area contributed by atoms with Gasteiger partial charge in [-0.25, -0.2) is 4.39 Å². The quantitative estimate of drug-likeness (QED) is 0.625. The molecule has 1 saturated carbocycles. The molecular formula is C14H13FN2O3S. The largest absolute Gasteiger partial charge is 0.468 e. The van der Waals surface area contributed by atoms with Gasteiger partial charge in [-0.05, 0) is 25.0 Å². The minimum absolute atomic E-state index is 0.278. The van der Waals surface area contributed by atoms with Gasteiger partial charge >= 0.3 is 5.97 Å². The molecular weight excluding hydrogens is 295 g/mol. The maximum Gasteiger partial charge on any atom is 0.321 e. The third-order valence-corrected chi connectivity index (χ3v) is 4.44. The van der Waals surface area contributed by atoms with E-state index in [1.807, 2.05) is 0 Å². The highest BCUT2D eigenvalue weighted by Gasteiger charge is 2.57. The third kappa shape index (κ3) is 2.65. The van der Waals surface area contributed by atoms with E-state index >= 15 is 0 Å². The van der Waals surface area contributed by atoms with E-state index in [4.69, 9.17) is 9.26 Å². The summed E-state index contributed by atoms with van der Waals surface area (Å²) in [5.74, 6) is 0.479. The first-order valence-corrected chi connectivity index (χ1v) is 7.43. The molecule has 0 atom stereocenters. The van der Waals surface area contributed by atoms with Gasteiger partial charge < -0.3 is 9.26 Å². The Bertz CT molecular complexity index is 670. The highest BCUT2D eigenvalue weighted by Crippen LogP contribution is 2.48. The Hall–Kier alpha value is -1.89. The molecule has 1 aromatic carbocycles. The lowest BCUT2D eigenvalue weighted by atomic mass is 10.1. The number of hydrogen-bond acceptors (Lipinski definition) is 6. The van der Waals surface area contributed by atoms with E-state index in [9.17, 15) is 9.18 Å². The molecule has 110 valence electrons. The van der Waals surface area contributed by atoms with Crippen LogP contribution >= 0.6 is 11.8 Å².